The van der Waals surface area contributed by atoms with Gasteiger partial charge in [-0.15, -0.1) is 0 Å². The minimum atomic E-state index is -0.467. The number of hydrogen-bond acceptors (Lipinski definition) is 6. The molecule has 1 aromatic carbocycles. The number of aromatic nitrogens is 1. The van der Waals surface area contributed by atoms with Gasteiger partial charge in [-0.25, -0.2) is 0 Å². The number of carbonyl (C=O) groups is 1. The number of carbonyl (C=O) groups excluding carboxylic acids is 1. The van der Waals surface area contributed by atoms with E-state index in [1.807, 2.05) is 45.9 Å². The number of ether oxygens (including phenoxy) is 1. The molecule has 0 saturated carbocycles. The Labute approximate surface area is 135 Å². The number of nitrogens with zero attached hydrogens (tertiary/aromatic N) is 1. The average molecular weight is 317 g/mol. The van der Waals surface area contributed by atoms with E-state index in [2.05, 4.69) is 9.89 Å². The molecule has 0 aliphatic carbocycles. The van der Waals surface area contributed by atoms with Crippen LogP contribution in [0.4, 0.5) is 0 Å². The molecule has 7 heteroatoms. The Hall–Kier alpha value is -1.86. The zero-order valence-corrected chi connectivity index (χ0v) is 14.0. The second-order valence-electron chi connectivity index (χ2n) is 6.73. The highest BCUT2D eigenvalue weighted by Gasteiger charge is 2.51. The molecule has 0 radical (unpaired) electrons. The summed E-state index contributed by atoms with van der Waals surface area (Å²) in [5.74, 6) is -0.360. The monoisotopic (exact) mass is 317 g/mol. The van der Waals surface area contributed by atoms with Crippen molar-refractivity contribution < 1.29 is 23.4 Å². The van der Waals surface area contributed by atoms with E-state index in [9.17, 15) is 4.79 Å². The van der Waals surface area contributed by atoms with Crippen LogP contribution in [-0.2, 0) is 25.3 Å². The number of fused-ring (bicyclic) bond motifs is 1. The molecule has 23 heavy (non-hydrogen) atoms. The summed E-state index contributed by atoms with van der Waals surface area (Å²) in [6.07, 6.45) is 0.0658. The van der Waals surface area contributed by atoms with Crippen molar-refractivity contribution in [2.45, 2.75) is 45.3 Å². The molecule has 2 heterocycles. The van der Waals surface area contributed by atoms with Crippen LogP contribution in [0.15, 0.2) is 22.7 Å². The fourth-order valence-electron chi connectivity index (χ4n) is 2.47. The maximum absolute atomic E-state index is 11.5. The van der Waals surface area contributed by atoms with Gasteiger partial charge in [-0.1, -0.05) is 11.2 Å². The van der Waals surface area contributed by atoms with Gasteiger partial charge < -0.3 is 18.6 Å². The highest BCUT2D eigenvalue weighted by atomic mass is 16.7. The van der Waals surface area contributed by atoms with Gasteiger partial charge in [0.05, 0.1) is 24.7 Å². The maximum atomic E-state index is 11.5. The van der Waals surface area contributed by atoms with Crippen molar-refractivity contribution in [1.82, 2.24) is 5.16 Å². The number of esters is 1. The molecule has 1 aliphatic heterocycles. The molecule has 6 nitrogen and oxygen atoms in total. The zero-order valence-electron chi connectivity index (χ0n) is 14.0. The Morgan fingerprint density at radius 3 is 2.48 bits per heavy atom. The first-order chi connectivity index (χ1) is 10.7. The highest BCUT2D eigenvalue weighted by Crippen LogP contribution is 2.36. The molecule has 0 bridgehead atoms. The largest absolute Gasteiger partial charge is 0.494 e. The van der Waals surface area contributed by atoms with E-state index in [-0.39, 0.29) is 12.4 Å². The van der Waals surface area contributed by atoms with Crippen molar-refractivity contribution in [3.8, 4) is 0 Å². The first-order valence-corrected chi connectivity index (χ1v) is 7.54. The Bertz CT molecular complexity index is 736. The lowest BCUT2D eigenvalue weighted by atomic mass is 9.78. The van der Waals surface area contributed by atoms with Gasteiger partial charge >= 0.3 is 13.1 Å². The Kier molecular flexibility index (Phi) is 3.73. The fourth-order valence-corrected chi connectivity index (χ4v) is 2.47. The van der Waals surface area contributed by atoms with Gasteiger partial charge in [0.25, 0.3) is 0 Å². The number of rotatable bonds is 3. The van der Waals surface area contributed by atoms with Gasteiger partial charge in [-0.2, -0.15) is 0 Å². The highest BCUT2D eigenvalue weighted by molar-refractivity contribution is 6.62. The first-order valence-electron chi connectivity index (χ1n) is 7.54. The molecule has 0 amide bonds. The SMILES string of the molecule is COC(=O)Cc1noc2ccc(B3OC(C)(C)C(C)(C)O3)cc12. The fraction of sp³-hybridized carbons (Fsp3) is 0.500. The van der Waals surface area contributed by atoms with E-state index in [1.54, 1.807) is 0 Å². The summed E-state index contributed by atoms with van der Waals surface area (Å²) in [7, 11) is 0.880. The van der Waals surface area contributed by atoms with Gasteiger partial charge in [-0.05, 0) is 45.3 Å². The lowest BCUT2D eigenvalue weighted by Gasteiger charge is -2.32. The molecule has 0 atom stereocenters. The molecule has 1 aromatic heterocycles. The van der Waals surface area contributed by atoms with Crippen LogP contribution in [0.5, 0.6) is 0 Å². The molecule has 0 N–H and O–H groups in total. The van der Waals surface area contributed by atoms with E-state index in [0.717, 1.165) is 10.8 Å². The van der Waals surface area contributed by atoms with Gasteiger partial charge in [0, 0.05) is 5.39 Å². The topological polar surface area (TPSA) is 70.8 Å². The van der Waals surface area contributed by atoms with Crippen molar-refractivity contribution >= 4 is 29.5 Å². The van der Waals surface area contributed by atoms with Gasteiger partial charge in [0.15, 0.2) is 5.58 Å². The lowest BCUT2D eigenvalue weighted by molar-refractivity contribution is -0.139. The van der Waals surface area contributed by atoms with Crippen LogP contribution in [0.25, 0.3) is 11.0 Å². The van der Waals surface area contributed by atoms with Crippen LogP contribution < -0.4 is 5.46 Å². The van der Waals surface area contributed by atoms with E-state index >= 15 is 0 Å². The average Bonchev–Trinajstić information content (AvgIpc) is 2.97. The molecular weight excluding hydrogens is 297 g/mol. The normalized spacial score (nSPS) is 19.3. The molecular formula is C16H20BNO5. The summed E-state index contributed by atoms with van der Waals surface area (Å²) in [5.41, 5.74) is 1.21. The van der Waals surface area contributed by atoms with Crippen LogP contribution in [0.1, 0.15) is 33.4 Å². The summed E-state index contributed by atoms with van der Waals surface area (Å²) in [5, 5.41) is 4.72. The van der Waals surface area contributed by atoms with E-state index in [0.29, 0.717) is 11.3 Å². The van der Waals surface area contributed by atoms with Crippen molar-refractivity contribution in [1.29, 1.82) is 0 Å². The first kappa shape index (κ1) is 16.0. The molecule has 1 fully saturated rings. The number of benzene rings is 1. The van der Waals surface area contributed by atoms with Gasteiger partial charge in [0.2, 0.25) is 0 Å². The molecule has 0 spiro atoms. The molecule has 2 aromatic rings. The van der Waals surface area contributed by atoms with Crippen LogP contribution >= 0.6 is 0 Å². The second kappa shape index (κ2) is 5.35. The quantitative estimate of drug-likeness (QED) is 0.635. The summed E-state index contributed by atoms with van der Waals surface area (Å²) < 4.78 is 22.0. The third-order valence-electron chi connectivity index (χ3n) is 4.63. The minimum absolute atomic E-state index is 0.0658. The van der Waals surface area contributed by atoms with Crippen molar-refractivity contribution in [2.75, 3.05) is 7.11 Å². The van der Waals surface area contributed by atoms with E-state index < -0.39 is 18.3 Å². The van der Waals surface area contributed by atoms with Crippen molar-refractivity contribution in [3.63, 3.8) is 0 Å². The summed E-state index contributed by atoms with van der Waals surface area (Å²) in [6, 6.07) is 5.59. The lowest BCUT2D eigenvalue weighted by Crippen LogP contribution is -2.41. The van der Waals surface area contributed by atoms with E-state index in [4.69, 9.17) is 13.8 Å². The molecule has 1 saturated heterocycles. The van der Waals surface area contributed by atoms with Gasteiger partial charge in [0.1, 0.15) is 5.69 Å². The molecule has 122 valence electrons. The minimum Gasteiger partial charge on any atom is -0.469 e. The second-order valence-corrected chi connectivity index (χ2v) is 6.73. The number of hydrogen-bond donors (Lipinski definition) is 0. The van der Waals surface area contributed by atoms with Crippen LogP contribution in [0, 0.1) is 0 Å². The van der Waals surface area contributed by atoms with Crippen molar-refractivity contribution in [2.24, 2.45) is 0 Å². The standard InChI is InChI=1S/C16H20BNO5/c1-15(2)16(3,4)23-17(22-15)10-6-7-13-11(8-10)12(18-21-13)9-14(19)20-5/h6-8H,9H2,1-5H3. The summed E-state index contributed by atoms with van der Waals surface area (Å²) in [4.78, 5) is 11.5. The van der Waals surface area contributed by atoms with Crippen molar-refractivity contribution in [3.05, 3.63) is 23.9 Å². The molecule has 0 unspecified atom stereocenters. The van der Waals surface area contributed by atoms with Crippen LogP contribution in [-0.4, -0.2) is 36.6 Å². The van der Waals surface area contributed by atoms with Crippen LogP contribution in [0.2, 0.25) is 0 Å². The third-order valence-corrected chi connectivity index (χ3v) is 4.63. The summed E-state index contributed by atoms with van der Waals surface area (Å²) >= 11 is 0. The third kappa shape index (κ3) is 2.75. The molecule has 3 rings (SSSR count). The predicted octanol–water partition coefficient (Wildman–Crippen LogP) is 1.84. The summed E-state index contributed by atoms with van der Waals surface area (Å²) in [6.45, 7) is 8.03. The predicted molar refractivity (Wildman–Crippen MR) is 85.4 cm³/mol. The smallest absolute Gasteiger partial charge is 0.469 e. The van der Waals surface area contributed by atoms with Gasteiger partial charge in [-0.3, -0.25) is 4.79 Å². The Morgan fingerprint density at radius 2 is 1.87 bits per heavy atom. The van der Waals surface area contributed by atoms with E-state index in [1.165, 1.54) is 7.11 Å². The number of methoxy groups -OCH3 is 1. The Morgan fingerprint density at radius 1 is 1.22 bits per heavy atom. The zero-order chi connectivity index (χ0) is 16.8. The van der Waals surface area contributed by atoms with Crippen LogP contribution in [0.3, 0.4) is 0 Å². The maximum Gasteiger partial charge on any atom is 0.494 e. The Balaban J connectivity index is 1.94. The molecule has 1 aliphatic rings.